The fourth-order valence-electron chi connectivity index (χ4n) is 9.03. The van der Waals surface area contributed by atoms with Gasteiger partial charge in [-0.05, 0) is 97.9 Å². The number of rotatable bonds is 7. The van der Waals surface area contributed by atoms with E-state index < -0.39 is 0 Å². The van der Waals surface area contributed by atoms with E-state index in [0.717, 1.165) is 28.3 Å². The lowest BCUT2D eigenvalue weighted by molar-refractivity contribution is 1.18. The Kier molecular flexibility index (Phi) is 8.19. The van der Waals surface area contributed by atoms with Gasteiger partial charge in [-0.1, -0.05) is 182 Å². The average molecular weight is 739 g/mol. The van der Waals surface area contributed by atoms with E-state index in [0.29, 0.717) is 0 Å². The summed E-state index contributed by atoms with van der Waals surface area (Å²) in [7, 11) is 0. The normalized spacial score (nSPS) is 11.4. The van der Waals surface area contributed by atoms with Crippen LogP contribution in [0.3, 0.4) is 0 Å². The predicted octanol–water partition coefficient (Wildman–Crippen LogP) is 15.6. The zero-order valence-electron chi connectivity index (χ0n) is 31.8. The summed E-state index contributed by atoms with van der Waals surface area (Å²) in [6.07, 6.45) is 0. The minimum Gasteiger partial charge on any atom is -0.309 e. The number of hydrogen-bond donors (Lipinski definition) is 0. The topological polar surface area (TPSA) is 8.17 Å². The second-order valence-corrected chi connectivity index (χ2v) is 14.9. The van der Waals surface area contributed by atoms with E-state index in [1.54, 1.807) is 0 Å². The minimum absolute atomic E-state index is 1.08. The van der Waals surface area contributed by atoms with Crippen LogP contribution in [0.4, 0.5) is 17.1 Å². The van der Waals surface area contributed by atoms with E-state index in [-0.39, 0.29) is 0 Å². The highest BCUT2D eigenvalue weighted by Crippen LogP contribution is 2.49. The van der Waals surface area contributed by atoms with Gasteiger partial charge in [0.2, 0.25) is 0 Å². The van der Waals surface area contributed by atoms with E-state index in [1.807, 2.05) is 0 Å². The van der Waals surface area contributed by atoms with E-state index in [4.69, 9.17) is 0 Å². The third-order valence-corrected chi connectivity index (χ3v) is 11.6. The lowest BCUT2D eigenvalue weighted by Gasteiger charge is -2.30. The lowest BCUT2D eigenvalue weighted by Crippen LogP contribution is -2.12. The molecule has 11 aromatic rings. The highest BCUT2D eigenvalue weighted by atomic mass is 15.2. The van der Waals surface area contributed by atoms with Crippen molar-refractivity contribution in [2.24, 2.45) is 0 Å². The first-order valence-corrected chi connectivity index (χ1v) is 19.9. The number of fused-ring (bicyclic) bond motifs is 5. The molecule has 0 fully saturated rings. The van der Waals surface area contributed by atoms with Crippen LogP contribution in [0.15, 0.2) is 231 Å². The molecule has 1 aromatic heterocycles. The molecule has 0 aliphatic carbocycles. The highest BCUT2D eigenvalue weighted by molar-refractivity contribution is 6.17. The number of benzene rings is 10. The minimum atomic E-state index is 1.08. The maximum atomic E-state index is 2.50. The van der Waals surface area contributed by atoms with Crippen molar-refractivity contribution < 1.29 is 0 Å². The van der Waals surface area contributed by atoms with Gasteiger partial charge in [0.1, 0.15) is 0 Å². The van der Waals surface area contributed by atoms with Gasteiger partial charge in [0, 0.05) is 27.7 Å². The molecular formula is C56H38N2. The van der Waals surface area contributed by atoms with Crippen molar-refractivity contribution in [2.45, 2.75) is 0 Å². The van der Waals surface area contributed by atoms with Gasteiger partial charge >= 0.3 is 0 Å². The summed E-state index contributed by atoms with van der Waals surface area (Å²) >= 11 is 0. The van der Waals surface area contributed by atoms with E-state index in [1.165, 1.54) is 71.2 Å². The molecule has 0 saturated carbocycles. The lowest BCUT2D eigenvalue weighted by atomic mass is 9.90. The maximum absolute atomic E-state index is 2.50. The second-order valence-electron chi connectivity index (χ2n) is 14.9. The van der Waals surface area contributed by atoms with Crippen LogP contribution in [0.5, 0.6) is 0 Å². The van der Waals surface area contributed by atoms with Gasteiger partial charge < -0.3 is 9.47 Å². The molecule has 0 aliphatic heterocycles. The SMILES string of the molecule is c1ccc(-c2cc(N(c3ccccc3-c3cccc4ccccc34)c3cccc4c3c3ccccc3n4-c3ccccc3)ccc2-c2cccc3ccccc23)cc1. The van der Waals surface area contributed by atoms with Crippen molar-refractivity contribution in [3.05, 3.63) is 231 Å². The Hall–Kier alpha value is -7.68. The molecule has 2 nitrogen and oxygen atoms in total. The Labute approximate surface area is 338 Å². The van der Waals surface area contributed by atoms with Crippen molar-refractivity contribution in [2.75, 3.05) is 4.90 Å². The fraction of sp³-hybridized carbons (Fsp3) is 0. The van der Waals surface area contributed by atoms with Crippen LogP contribution in [-0.2, 0) is 0 Å². The maximum Gasteiger partial charge on any atom is 0.0562 e. The Morgan fingerprint density at radius 1 is 0.310 bits per heavy atom. The van der Waals surface area contributed by atoms with Crippen LogP contribution in [0.1, 0.15) is 0 Å². The number of para-hydroxylation sites is 3. The molecule has 0 spiro atoms. The number of hydrogen-bond acceptors (Lipinski definition) is 1. The second kappa shape index (κ2) is 14.1. The first-order valence-electron chi connectivity index (χ1n) is 19.9. The Morgan fingerprint density at radius 2 is 0.828 bits per heavy atom. The molecule has 58 heavy (non-hydrogen) atoms. The number of anilines is 3. The summed E-state index contributed by atoms with van der Waals surface area (Å²) in [6, 6.07) is 83.8. The summed E-state index contributed by atoms with van der Waals surface area (Å²) in [4.78, 5) is 2.50. The van der Waals surface area contributed by atoms with Crippen molar-refractivity contribution in [1.29, 1.82) is 0 Å². The third kappa shape index (κ3) is 5.57. The van der Waals surface area contributed by atoms with Crippen LogP contribution >= 0.6 is 0 Å². The summed E-state index contributed by atoms with van der Waals surface area (Å²) in [6.45, 7) is 0. The largest absolute Gasteiger partial charge is 0.309 e. The molecule has 2 heteroatoms. The van der Waals surface area contributed by atoms with E-state index in [2.05, 4.69) is 240 Å². The predicted molar refractivity (Wildman–Crippen MR) is 247 cm³/mol. The molecule has 0 bridgehead atoms. The van der Waals surface area contributed by atoms with Gasteiger partial charge in [0.05, 0.1) is 22.4 Å². The average Bonchev–Trinajstić information content (AvgIpc) is 3.64. The van der Waals surface area contributed by atoms with E-state index in [9.17, 15) is 0 Å². The Bertz CT molecular complexity index is 3280. The molecule has 0 radical (unpaired) electrons. The van der Waals surface area contributed by atoms with Gasteiger partial charge in [-0.15, -0.1) is 0 Å². The van der Waals surface area contributed by atoms with Crippen LogP contribution < -0.4 is 4.90 Å². The zero-order valence-corrected chi connectivity index (χ0v) is 31.8. The van der Waals surface area contributed by atoms with Crippen molar-refractivity contribution in [3.63, 3.8) is 0 Å². The smallest absolute Gasteiger partial charge is 0.0562 e. The van der Waals surface area contributed by atoms with E-state index >= 15 is 0 Å². The monoisotopic (exact) mass is 738 g/mol. The first-order chi connectivity index (χ1) is 28.8. The molecule has 0 saturated heterocycles. The number of aromatic nitrogens is 1. The molecule has 1 heterocycles. The Morgan fingerprint density at radius 3 is 1.57 bits per heavy atom. The molecule has 0 amide bonds. The number of nitrogens with zero attached hydrogens (tertiary/aromatic N) is 2. The van der Waals surface area contributed by atoms with Crippen LogP contribution in [0, 0.1) is 0 Å². The van der Waals surface area contributed by atoms with Gasteiger partial charge in [-0.25, -0.2) is 0 Å². The molecule has 272 valence electrons. The van der Waals surface area contributed by atoms with Gasteiger partial charge in [0.15, 0.2) is 0 Å². The summed E-state index contributed by atoms with van der Waals surface area (Å²) in [5.41, 5.74) is 13.9. The van der Waals surface area contributed by atoms with Crippen molar-refractivity contribution in [3.8, 4) is 39.1 Å². The van der Waals surface area contributed by atoms with Crippen LogP contribution in [0.2, 0.25) is 0 Å². The van der Waals surface area contributed by atoms with Gasteiger partial charge in [-0.3, -0.25) is 0 Å². The van der Waals surface area contributed by atoms with Gasteiger partial charge in [-0.2, -0.15) is 0 Å². The fourth-order valence-corrected chi connectivity index (χ4v) is 9.03. The summed E-state index contributed by atoms with van der Waals surface area (Å²) < 4.78 is 2.40. The molecule has 0 N–H and O–H groups in total. The molecule has 0 aliphatic rings. The van der Waals surface area contributed by atoms with Crippen LogP contribution in [0.25, 0.3) is 82.4 Å². The molecule has 0 unspecified atom stereocenters. The quantitative estimate of drug-likeness (QED) is 0.158. The molecule has 11 rings (SSSR count). The van der Waals surface area contributed by atoms with Gasteiger partial charge in [0.25, 0.3) is 0 Å². The Balaban J connectivity index is 1.24. The highest BCUT2D eigenvalue weighted by Gasteiger charge is 2.24. The standard InChI is InChI=1S/C56H38N2/c1-3-18-41(19-4-1)51-38-43(36-37-48(51)46-30-15-22-39-20-7-9-26-44(39)46)58(52-32-13-11-28-49(52)47-31-16-23-40-21-8-10-27-45(40)47)55-35-17-34-54-56(55)50-29-12-14-33-53(50)57(54)42-24-5-2-6-25-42/h1-38H. The van der Waals surface area contributed by atoms with Crippen LogP contribution in [-0.4, -0.2) is 4.57 Å². The zero-order chi connectivity index (χ0) is 38.4. The summed E-state index contributed by atoms with van der Waals surface area (Å²) in [5.74, 6) is 0. The third-order valence-electron chi connectivity index (χ3n) is 11.6. The molecule has 10 aromatic carbocycles. The van der Waals surface area contributed by atoms with Crippen molar-refractivity contribution in [1.82, 2.24) is 4.57 Å². The molecule has 0 atom stereocenters. The molecular weight excluding hydrogens is 701 g/mol. The van der Waals surface area contributed by atoms with Crippen molar-refractivity contribution >= 4 is 60.4 Å². The first kappa shape index (κ1) is 33.6. The summed E-state index contributed by atoms with van der Waals surface area (Å²) in [5, 5.41) is 7.34.